The van der Waals surface area contributed by atoms with Crippen molar-refractivity contribution in [2.75, 3.05) is 0 Å². The average molecular weight is 339 g/mol. The van der Waals surface area contributed by atoms with Gasteiger partial charge in [0.05, 0.1) is 5.39 Å². The molecule has 3 aromatic rings. The highest BCUT2D eigenvalue weighted by Crippen LogP contribution is 2.42. The number of nitrogens with zero attached hydrogens (tertiary/aromatic N) is 2. The second kappa shape index (κ2) is 5.52. The summed E-state index contributed by atoms with van der Waals surface area (Å²) in [5.41, 5.74) is 2.41. The van der Waals surface area contributed by atoms with Crippen LogP contribution in [0.3, 0.4) is 0 Å². The lowest BCUT2D eigenvalue weighted by atomic mass is 9.72. The molecule has 0 radical (unpaired) electrons. The monoisotopic (exact) mass is 339 g/mol. The summed E-state index contributed by atoms with van der Waals surface area (Å²) in [6.45, 7) is 6.92. The third kappa shape index (κ3) is 2.57. The Morgan fingerprint density at radius 1 is 1.25 bits per heavy atom. The summed E-state index contributed by atoms with van der Waals surface area (Å²) >= 11 is 1.70. The molecule has 1 aliphatic carbocycles. The molecule has 0 saturated heterocycles. The molecule has 1 aliphatic rings. The number of H-pyrrole nitrogens is 1. The summed E-state index contributed by atoms with van der Waals surface area (Å²) in [4.78, 5) is 26.6. The summed E-state index contributed by atoms with van der Waals surface area (Å²) in [7, 11) is 0. The first-order chi connectivity index (χ1) is 11.4. The van der Waals surface area contributed by atoms with Crippen LogP contribution in [0.2, 0.25) is 0 Å². The topological polar surface area (TPSA) is 58.6 Å². The van der Waals surface area contributed by atoms with Crippen molar-refractivity contribution in [3.8, 4) is 11.4 Å². The minimum Gasteiger partial charge on any atom is -0.306 e. The zero-order chi connectivity index (χ0) is 16.9. The third-order valence-electron chi connectivity index (χ3n) is 5.10. The third-order valence-corrected chi connectivity index (χ3v) is 6.25. The van der Waals surface area contributed by atoms with Crippen LogP contribution < -0.4 is 5.56 Å². The Morgan fingerprint density at radius 2 is 2.00 bits per heavy atom. The van der Waals surface area contributed by atoms with Crippen molar-refractivity contribution in [1.29, 1.82) is 0 Å². The van der Waals surface area contributed by atoms with Crippen molar-refractivity contribution < 1.29 is 0 Å². The fourth-order valence-corrected chi connectivity index (χ4v) is 4.87. The van der Waals surface area contributed by atoms with Gasteiger partial charge in [0.15, 0.2) is 0 Å². The highest BCUT2D eigenvalue weighted by molar-refractivity contribution is 7.18. The molecule has 0 bridgehead atoms. The highest BCUT2D eigenvalue weighted by atomic mass is 32.1. The number of rotatable bonds is 1. The predicted octanol–water partition coefficient (Wildman–Crippen LogP) is 4.20. The molecule has 124 valence electrons. The van der Waals surface area contributed by atoms with E-state index in [1.165, 1.54) is 10.4 Å². The number of nitrogens with one attached hydrogen (secondary N) is 1. The maximum absolute atomic E-state index is 12.7. The number of aromatic nitrogens is 3. The molecule has 1 unspecified atom stereocenters. The van der Waals surface area contributed by atoms with Crippen molar-refractivity contribution in [1.82, 2.24) is 15.0 Å². The van der Waals surface area contributed by atoms with Gasteiger partial charge in [0.1, 0.15) is 10.7 Å². The zero-order valence-corrected chi connectivity index (χ0v) is 15.0. The van der Waals surface area contributed by atoms with Gasteiger partial charge in [-0.1, -0.05) is 20.8 Å². The molecule has 0 spiro atoms. The molecule has 1 atom stereocenters. The fourth-order valence-electron chi connectivity index (χ4n) is 3.57. The lowest BCUT2D eigenvalue weighted by Gasteiger charge is -2.33. The van der Waals surface area contributed by atoms with Gasteiger partial charge < -0.3 is 4.98 Å². The molecule has 0 aromatic carbocycles. The SMILES string of the molecule is CC(C)(C)C1CCc2c(sc3nc(-c4ccncc4)[nH]c(=O)c23)C1. The second-order valence-corrected chi connectivity index (χ2v) is 8.72. The van der Waals surface area contributed by atoms with E-state index in [0.29, 0.717) is 17.2 Å². The number of pyridine rings is 1. The molecule has 24 heavy (non-hydrogen) atoms. The van der Waals surface area contributed by atoms with Gasteiger partial charge >= 0.3 is 0 Å². The second-order valence-electron chi connectivity index (χ2n) is 7.64. The number of fused-ring (bicyclic) bond motifs is 3. The van der Waals surface area contributed by atoms with Crippen LogP contribution in [0.5, 0.6) is 0 Å². The minimum absolute atomic E-state index is 0.0153. The molecule has 5 heteroatoms. The van der Waals surface area contributed by atoms with Crippen LogP contribution in [-0.2, 0) is 12.8 Å². The number of hydrogen-bond acceptors (Lipinski definition) is 4. The largest absolute Gasteiger partial charge is 0.306 e. The van der Waals surface area contributed by atoms with Gasteiger partial charge in [0, 0.05) is 22.8 Å². The van der Waals surface area contributed by atoms with E-state index in [0.717, 1.165) is 35.0 Å². The Morgan fingerprint density at radius 3 is 2.71 bits per heavy atom. The van der Waals surface area contributed by atoms with Crippen LogP contribution in [-0.4, -0.2) is 15.0 Å². The summed E-state index contributed by atoms with van der Waals surface area (Å²) in [5, 5.41) is 0.806. The van der Waals surface area contributed by atoms with Crippen LogP contribution in [0.15, 0.2) is 29.3 Å². The van der Waals surface area contributed by atoms with E-state index in [2.05, 4.69) is 30.7 Å². The van der Waals surface area contributed by atoms with Gasteiger partial charge in [0.25, 0.3) is 5.56 Å². The smallest absolute Gasteiger partial charge is 0.260 e. The summed E-state index contributed by atoms with van der Waals surface area (Å²) in [6.07, 6.45) is 6.62. The molecule has 0 aliphatic heterocycles. The minimum atomic E-state index is -0.0153. The molecule has 0 fully saturated rings. The summed E-state index contributed by atoms with van der Waals surface area (Å²) < 4.78 is 0. The normalized spacial score (nSPS) is 17.9. The Bertz CT molecular complexity index is 950. The van der Waals surface area contributed by atoms with E-state index < -0.39 is 0 Å². The Hall–Kier alpha value is -2.01. The highest BCUT2D eigenvalue weighted by Gasteiger charge is 2.31. The Kier molecular flexibility index (Phi) is 3.57. The quantitative estimate of drug-likeness (QED) is 0.723. The average Bonchev–Trinajstić information content (AvgIpc) is 2.92. The van der Waals surface area contributed by atoms with E-state index in [1.54, 1.807) is 23.7 Å². The number of aromatic amines is 1. The maximum Gasteiger partial charge on any atom is 0.260 e. The first-order valence-electron chi connectivity index (χ1n) is 8.38. The van der Waals surface area contributed by atoms with Crippen LogP contribution in [0.4, 0.5) is 0 Å². The van der Waals surface area contributed by atoms with Crippen LogP contribution in [0.1, 0.15) is 37.6 Å². The first kappa shape index (κ1) is 15.5. The van der Waals surface area contributed by atoms with Crippen LogP contribution in [0.25, 0.3) is 21.6 Å². The van der Waals surface area contributed by atoms with Crippen molar-refractivity contribution >= 4 is 21.6 Å². The standard InChI is InChI=1S/C19H21N3OS/c1-19(2,3)12-4-5-13-14(10-12)24-18-15(13)17(23)21-16(22-18)11-6-8-20-9-7-11/h6-9,12H,4-5,10H2,1-3H3,(H,21,22,23). The lowest BCUT2D eigenvalue weighted by Crippen LogP contribution is -2.26. The van der Waals surface area contributed by atoms with Gasteiger partial charge in [-0.15, -0.1) is 11.3 Å². The fraction of sp³-hybridized carbons (Fsp3) is 0.421. The van der Waals surface area contributed by atoms with Crippen LogP contribution >= 0.6 is 11.3 Å². The molecule has 0 saturated carbocycles. The predicted molar refractivity (Wildman–Crippen MR) is 98.4 cm³/mol. The molecule has 4 nitrogen and oxygen atoms in total. The van der Waals surface area contributed by atoms with E-state index in [4.69, 9.17) is 4.98 Å². The maximum atomic E-state index is 12.7. The van der Waals surface area contributed by atoms with Crippen molar-refractivity contribution in [2.24, 2.45) is 11.3 Å². The van der Waals surface area contributed by atoms with Crippen molar-refractivity contribution in [3.63, 3.8) is 0 Å². The molecule has 0 amide bonds. The summed E-state index contributed by atoms with van der Waals surface area (Å²) in [5.74, 6) is 1.29. The van der Waals surface area contributed by atoms with Crippen molar-refractivity contribution in [3.05, 3.63) is 45.3 Å². The lowest BCUT2D eigenvalue weighted by molar-refractivity contribution is 0.218. The van der Waals surface area contributed by atoms with Gasteiger partial charge in [0.2, 0.25) is 0 Å². The molecular weight excluding hydrogens is 318 g/mol. The van der Waals surface area contributed by atoms with E-state index in [9.17, 15) is 4.79 Å². The van der Waals surface area contributed by atoms with E-state index in [1.807, 2.05) is 12.1 Å². The number of aryl methyl sites for hydroxylation is 1. The van der Waals surface area contributed by atoms with Gasteiger partial charge in [-0.2, -0.15) is 0 Å². The molecule has 4 rings (SSSR count). The van der Waals surface area contributed by atoms with E-state index in [-0.39, 0.29) is 5.56 Å². The van der Waals surface area contributed by atoms with Gasteiger partial charge in [-0.3, -0.25) is 9.78 Å². The van der Waals surface area contributed by atoms with E-state index >= 15 is 0 Å². The summed E-state index contributed by atoms with van der Waals surface area (Å²) in [6, 6.07) is 3.74. The molecule has 3 heterocycles. The molecular formula is C19H21N3OS. The molecule has 3 aromatic heterocycles. The van der Waals surface area contributed by atoms with Crippen LogP contribution in [0, 0.1) is 11.3 Å². The Labute approximate surface area is 145 Å². The molecule has 1 N–H and O–H groups in total. The van der Waals surface area contributed by atoms with Gasteiger partial charge in [-0.05, 0) is 48.3 Å². The Balaban J connectivity index is 1.83. The number of hydrogen-bond donors (Lipinski definition) is 1. The first-order valence-corrected chi connectivity index (χ1v) is 9.20. The zero-order valence-electron chi connectivity index (χ0n) is 14.2. The number of thiophene rings is 1. The van der Waals surface area contributed by atoms with Crippen molar-refractivity contribution in [2.45, 2.75) is 40.0 Å². The van der Waals surface area contributed by atoms with Gasteiger partial charge in [-0.25, -0.2) is 4.98 Å².